The zero-order valence-electron chi connectivity index (χ0n) is 17.4. The number of hydrogen-bond acceptors (Lipinski definition) is 14. The predicted octanol–water partition coefficient (Wildman–Crippen LogP) is -5.52. The van der Waals surface area contributed by atoms with Gasteiger partial charge >= 0.3 is 0 Å². The van der Waals surface area contributed by atoms with Gasteiger partial charge in [0, 0.05) is 0 Å². The monoisotopic (exact) mass is 472 g/mol. The third-order valence-corrected chi connectivity index (χ3v) is 6.02. The SMILES string of the molecule is C[C@@H]1O[C@@H](O[C@@H]2[C@@H](O)[C@H](C)O[C@@H](O)[C@@H]2O[C@@H]2O[C@H](CO)[C@@H](O)[C@H](O)[C@H]2O)[C@H](O)[C@H](O)[C@H]1O. The maximum absolute atomic E-state index is 10.6. The Labute approximate surface area is 183 Å². The Balaban J connectivity index is 1.79. The Morgan fingerprint density at radius 2 is 1.06 bits per heavy atom. The van der Waals surface area contributed by atoms with Crippen LogP contribution in [0, 0.1) is 0 Å². The first-order valence-corrected chi connectivity index (χ1v) is 10.3. The van der Waals surface area contributed by atoms with E-state index in [1.54, 1.807) is 0 Å². The number of rotatable bonds is 5. The van der Waals surface area contributed by atoms with Gasteiger partial charge in [-0.15, -0.1) is 0 Å². The third-order valence-electron chi connectivity index (χ3n) is 6.02. The summed E-state index contributed by atoms with van der Waals surface area (Å²) in [6.07, 6.45) is -22.6. The van der Waals surface area contributed by atoms with E-state index < -0.39 is 98.7 Å². The second-order valence-electron chi connectivity index (χ2n) is 8.30. The summed E-state index contributed by atoms with van der Waals surface area (Å²) in [7, 11) is 0. The summed E-state index contributed by atoms with van der Waals surface area (Å²) in [5, 5.41) is 90.4. The zero-order chi connectivity index (χ0) is 23.9. The molecule has 0 aliphatic carbocycles. The number of ether oxygens (including phenoxy) is 5. The highest BCUT2D eigenvalue weighted by Crippen LogP contribution is 2.32. The van der Waals surface area contributed by atoms with Crippen LogP contribution >= 0.6 is 0 Å². The van der Waals surface area contributed by atoms with E-state index in [9.17, 15) is 46.0 Å². The van der Waals surface area contributed by atoms with Crippen molar-refractivity contribution in [2.24, 2.45) is 0 Å². The Kier molecular flexibility index (Phi) is 8.44. The van der Waals surface area contributed by atoms with E-state index in [1.807, 2.05) is 0 Å². The van der Waals surface area contributed by atoms with Gasteiger partial charge in [0.25, 0.3) is 0 Å². The van der Waals surface area contributed by atoms with Crippen LogP contribution in [0.5, 0.6) is 0 Å². The highest BCUT2D eigenvalue weighted by atomic mass is 16.8. The Morgan fingerprint density at radius 3 is 1.66 bits per heavy atom. The first kappa shape index (κ1) is 26.1. The number of hydrogen-bond donors (Lipinski definition) is 9. The lowest BCUT2D eigenvalue weighted by molar-refractivity contribution is -0.384. The second kappa shape index (κ2) is 10.4. The molecule has 0 aromatic rings. The second-order valence-corrected chi connectivity index (χ2v) is 8.30. The molecular weight excluding hydrogens is 440 g/mol. The van der Waals surface area contributed by atoms with E-state index in [-0.39, 0.29) is 0 Å². The molecule has 3 fully saturated rings. The lowest BCUT2D eigenvalue weighted by Gasteiger charge is -2.47. The summed E-state index contributed by atoms with van der Waals surface area (Å²) < 4.78 is 27.0. The average molecular weight is 472 g/mol. The molecule has 0 bridgehead atoms. The molecule has 15 atom stereocenters. The molecule has 0 aromatic heterocycles. The van der Waals surface area contributed by atoms with Crippen LogP contribution in [-0.2, 0) is 23.7 Å². The molecule has 3 heterocycles. The van der Waals surface area contributed by atoms with Crippen LogP contribution in [0.15, 0.2) is 0 Å². The van der Waals surface area contributed by atoms with Crippen molar-refractivity contribution < 1.29 is 69.6 Å². The van der Waals surface area contributed by atoms with Gasteiger partial charge in [-0.2, -0.15) is 0 Å². The average Bonchev–Trinajstić information content (AvgIpc) is 2.76. The summed E-state index contributed by atoms with van der Waals surface area (Å²) in [5.41, 5.74) is 0. The van der Waals surface area contributed by atoms with E-state index >= 15 is 0 Å². The quantitative estimate of drug-likeness (QED) is 0.182. The lowest BCUT2D eigenvalue weighted by Crippen LogP contribution is -2.66. The summed E-state index contributed by atoms with van der Waals surface area (Å²) in [5.74, 6) is 0. The van der Waals surface area contributed by atoms with Crippen LogP contribution < -0.4 is 0 Å². The van der Waals surface area contributed by atoms with Gasteiger partial charge in [-0.1, -0.05) is 0 Å². The summed E-state index contributed by atoms with van der Waals surface area (Å²) >= 11 is 0. The molecule has 3 aliphatic heterocycles. The molecule has 0 aromatic carbocycles. The topological polar surface area (TPSA) is 228 Å². The fourth-order valence-corrected chi connectivity index (χ4v) is 3.92. The van der Waals surface area contributed by atoms with Gasteiger partial charge in [0.05, 0.1) is 18.8 Å². The fourth-order valence-electron chi connectivity index (χ4n) is 3.92. The highest BCUT2D eigenvalue weighted by molar-refractivity contribution is 4.95. The van der Waals surface area contributed by atoms with Crippen molar-refractivity contribution in [3.8, 4) is 0 Å². The maximum Gasteiger partial charge on any atom is 0.187 e. The first-order chi connectivity index (χ1) is 15.0. The minimum atomic E-state index is -1.80. The van der Waals surface area contributed by atoms with Crippen LogP contribution in [0.25, 0.3) is 0 Å². The van der Waals surface area contributed by atoms with Crippen molar-refractivity contribution in [3.63, 3.8) is 0 Å². The van der Waals surface area contributed by atoms with Crippen molar-refractivity contribution in [2.75, 3.05) is 6.61 Å². The van der Waals surface area contributed by atoms with Crippen LogP contribution in [-0.4, -0.2) is 145 Å². The Hall–Kier alpha value is -0.560. The van der Waals surface area contributed by atoms with E-state index in [0.29, 0.717) is 0 Å². The van der Waals surface area contributed by atoms with Gasteiger partial charge in [0.15, 0.2) is 18.9 Å². The van der Waals surface area contributed by atoms with Crippen molar-refractivity contribution >= 4 is 0 Å². The fraction of sp³-hybridized carbons (Fsp3) is 1.00. The molecule has 14 heteroatoms. The maximum atomic E-state index is 10.6. The molecule has 0 amide bonds. The molecule has 0 radical (unpaired) electrons. The zero-order valence-corrected chi connectivity index (χ0v) is 17.4. The van der Waals surface area contributed by atoms with Crippen molar-refractivity contribution in [1.29, 1.82) is 0 Å². The van der Waals surface area contributed by atoms with E-state index in [1.165, 1.54) is 13.8 Å². The molecule has 14 nitrogen and oxygen atoms in total. The minimum absolute atomic E-state index is 0.714. The predicted molar refractivity (Wildman–Crippen MR) is 98.4 cm³/mol. The van der Waals surface area contributed by atoms with Crippen LogP contribution in [0.4, 0.5) is 0 Å². The number of aliphatic hydroxyl groups is 9. The van der Waals surface area contributed by atoms with Gasteiger partial charge in [0.2, 0.25) is 0 Å². The normalized spacial score (nSPS) is 55.0. The molecule has 188 valence electrons. The molecule has 9 N–H and O–H groups in total. The van der Waals surface area contributed by atoms with Gasteiger partial charge in [-0.05, 0) is 13.8 Å². The van der Waals surface area contributed by atoms with Gasteiger partial charge in [-0.25, -0.2) is 0 Å². The smallest absolute Gasteiger partial charge is 0.187 e. The van der Waals surface area contributed by atoms with E-state index in [4.69, 9.17) is 23.7 Å². The molecule has 32 heavy (non-hydrogen) atoms. The van der Waals surface area contributed by atoms with Crippen molar-refractivity contribution in [2.45, 2.75) is 106 Å². The highest BCUT2D eigenvalue weighted by Gasteiger charge is 2.52. The van der Waals surface area contributed by atoms with Crippen LogP contribution in [0.1, 0.15) is 13.8 Å². The molecule has 3 rings (SSSR count). The molecular formula is C18H32O14. The first-order valence-electron chi connectivity index (χ1n) is 10.3. The lowest BCUT2D eigenvalue weighted by atomic mass is 9.96. The van der Waals surface area contributed by atoms with E-state index in [0.717, 1.165) is 0 Å². The summed E-state index contributed by atoms with van der Waals surface area (Å²) in [6, 6.07) is 0. The standard InChI is InChI=1S/C18H32O14/c1-4-7(20)10(23)12(25)17(29-4)31-14-8(21)5(2)28-16(27)15(14)32-18-13(26)11(24)9(22)6(3-19)30-18/h4-27H,3H2,1-2H3/t4-,5-,6+,7-,8-,9+,10+,11-,12+,13+,14+,15+,16+,17-,18-/m0/s1. The Bertz CT molecular complexity index is 608. The van der Waals surface area contributed by atoms with E-state index in [2.05, 4.69) is 0 Å². The van der Waals surface area contributed by atoms with Crippen LogP contribution in [0.2, 0.25) is 0 Å². The molecule has 0 spiro atoms. The third kappa shape index (κ3) is 4.94. The molecule has 0 saturated carbocycles. The largest absolute Gasteiger partial charge is 0.394 e. The van der Waals surface area contributed by atoms with Crippen molar-refractivity contribution in [1.82, 2.24) is 0 Å². The van der Waals surface area contributed by atoms with Gasteiger partial charge < -0.3 is 69.6 Å². The summed E-state index contributed by atoms with van der Waals surface area (Å²) in [4.78, 5) is 0. The molecule has 3 saturated heterocycles. The summed E-state index contributed by atoms with van der Waals surface area (Å²) in [6.45, 7) is 2.14. The number of aliphatic hydroxyl groups excluding tert-OH is 9. The minimum Gasteiger partial charge on any atom is -0.394 e. The molecule has 0 unspecified atom stereocenters. The van der Waals surface area contributed by atoms with Gasteiger partial charge in [0.1, 0.15) is 61.0 Å². The van der Waals surface area contributed by atoms with Gasteiger partial charge in [-0.3, -0.25) is 0 Å². The Morgan fingerprint density at radius 1 is 0.562 bits per heavy atom. The van der Waals surface area contributed by atoms with Crippen LogP contribution in [0.3, 0.4) is 0 Å². The molecule has 3 aliphatic rings. The van der Waals surface area contributed by atoms with Crippen molar-refractivity contribution in [3.05, 3.63) is 0 Å².